The van der Waals surface area contributed by atoms with E-state index in [1.54, 1.807) is 0 Å². The van der Waals surface area contributed by atoms with Crippen LogP contribution in [-0.2, 0) is 4.79 Å². The summed E-state index contributed by atoms with van der Waals surface area (Å²) in [5.74, 6) is 0.269. The molecule has 66 valence electrons. The lowest BCUT2D eigenvalue weighted by Gasteiger charge is -2.22. The van der Waals surface area contributed by atoms with E-state index in [4.69, 9.17) is 12.2 Å². The molecule has 1 N–H and O–H groups in total. The number of hydrogen-bond acceptors (Lipinski definition) is 2. The van der Waals surface area contributed by atoms with Crippen molar-refractivity contribution < 1.29 is 4.79 Å². The van der Waals surface area contributed by atoms with Crippen LogP contribution in [0.3, 0.4) is 0 Å². The van der Waals surface area contributed by atoms with Gasteiger partial charge < -0.3 is 10.2 Å². The minimum atomic E-state index is 0.204. The first-order valence-electron chi connectivity index (χ1n) is 4.36. The SMILES string of the molecule is O=C1CCCN1C1CCNC1=S. The molecular weight excluding hydrogens is 172 g/mol. The molecule has 0 bridgehead atoms. The van der Waals surface area contributed by atoms with Gasteiger partial charge >= 0.3 is 0 Å². The number of likely N-dealkylation sites (tertiary alicyclic amines) is 1. The second-order valence-corrected chi connectivity index (χ2v) is 3.73. The maximum absolute atomic E-state index is 11.3. The third kappa shape index (κ3) is 1.20. The number of amides is 1. The number of carbonyl (C=O) groups is 1. The van der Waals surface area contributed by atoms with Crippen LogP contribution in [0.25, 0.3) is 0 Å². The molecule has 1 atom stereocenters. The Labute approximate surface area is 77.1 Å². The van der Waals surface area contributed by atoms with Gasteiger partial charge in [-0.1, -0.05) is 12.2 Å². The normalized spacial score (nSPS) is 29.7. The summed E-state index contributed by atoms with van der Waals surface area (Å²) in [6, 6.07) is 0.204. The smallest absolute Gasteiger partial charge is 0.223 e. The second-order valence-electron chi connectivity index (χ2n) is 3.29. The predicted molar refractivity (Wildman–Crippen MR) is 50.0 cm³/mol. The zero-order valence-corrected chi connectivity index (χ0v) is 7.69. The maximum Gasteiger partial charge on any atom is 0.223 e. The molecule has 0 saturated carbocycles. The third-order valence-electron chi connectivity index (χ3n) is 2.51. The number of nitrogens with one attached hydrogen (secondary N) is 1. The minimum absolute atomic E-state index is 0.204. The van der Waals surface area contributed by atoms with Gasteiger partial charge in [-0.25, -0.2) is 0 Å². The van der Waals surface area contributed by atoms with Crippen LogP contribution in [-0.4, -0.2) is 34.9 Å². The molecule has 1 amide bonds. The molecular formula is C8H12N2OS. The number of thiocarbonyl (C=S) groups is 1. The van der Waals surface area contributed by atoms with Gasteiger partial charge in [-0.3, -0.25) is 4.79 Å². The number of nitrogens with zero attached hydrogens (tertiary/aromatic N) is 1. The molecule has 2 heterocycles. The number of hydrogen-bond donors (Lipinski definition) is 1. The highest BCUT2D eigenvalue weighted by molar-refractivity contribution is 7.80. The molecule has 1 unspecified atom stereocenters. The largest absolute Gasteiger partial charge is 0.378 e. The van der Waals surface area contributed by atoms with Gasteiger partial charge in [0.25, 0.3) is 0 Å². The Bertz CT molecular complexity index is 205. The van der Waals surface area contributed by atoms with Gasteiger partial charge in [-0.05, 0) is 12.8 Å². The van der Waals surface area contributed by atoms with Gasteiger partial charge in [0.2, 0.25) is 5.91 Å². The van der Waals surface area contributed by atoms with Crippen LogP contribution in [0.1, 0.15) is 19.3 Å². The van der Waals surface area contributed by atoms with Crippen molar-refractivity contribution in [1.82, 2.24) is 10.2 Å². The van der Waals surface area contributed by atoms with Gasteiger partial charge in [-0.15, -0.1) is 0 Å². The van der Waals surface area contributed by atoms with E-state index in [1.807, 2.05) is 4.90 Å². The summed E-state index contributed by atoms with van der Waals surface area (Å²) >= 11 is 5.12. The van der Waals surface area contributed by atoms with Crippen LogP contribution < -0.4 is 5.32 Å². The summed E-state index contributed by atoms with van der Waals surface area (Å²) in [5, 5.41) is 3.10. The zero-order chi connectivity index (χ0) is 8.55. The van der Waals surface area contributed by atoms with Crippen molar-refractivity contribution in [3.05, 3.63) is 0 Å². The first-order valence-corrected chi connectivity index (χ1v) is 4.77. The summed E-state index contributed by atoms with van der Waals surface area (Å²) in [5.41, 5.74) is 0. The van der Waals surface area contributed by atoms with E-state index in [2.05, 4.69) is 5.32 Å². The van der Waals surface area contributed by atoms with Crippen LogP contribution in [0.4, 0.5) is 0 Å². The fraction of sp³-hybridized carbons (Fsp3) is 0.750. The third-order valence-corrected chi connectivity index (χ3v) is 2.92. The molecule has 0 aromatic rings. The first kappa shape index (κ1) is 7.98. The Morgan fingerprint density at radius 3 is 2.92 bits per heavy atom. The molecule has 0 aromatic carbocycles. The molecule has 2 aliphatic heterocycles. The van der Waals surface area contributed by atoms with Crippen LogP contribution >= 0.6 is 12.2 Å². The molecule has 2 fully saturated rings. The topological polar surface area (TPSA) is 32.3 Å². The highest BCUT2D eigenvalue weighted by Gasteiger charge is 2.32. The standard InChI is InChI=1S/C8H12N2OS/c11-7-2-1-5-10(7)6-3-4-9-8(6)12/h6H,1-5H2,(H,9,12). The van der Waals surface area contributed by atoms with Crippen molar-refractivity contribution in [2.24, 2.45) is 0 Å². The zero-order valence-electron chi connectivity index (χ0n) is 6.88. The van der Waals surface area contributed by atoms with Crippen molar-refractivity contribution in [2.45, 2.75) is 25.3 Å². The van der Waals surface area contributed by atoms with Crippen molar-refractivity contribution in [3.8, 4) is 0 Å². The Morgan fingerprint density at radius 1 is 1.58 bits per heavy atom. The van der Waals surface area contributed by atoms with E-state index >= 15 is 0 Å². The van der Waals surface area contributed by atoms with Crippen LogP contribution in [0.5, 0.6) is 0 Å². The molecule has 12 heavy (non-hydrogen) atoms. The van der Waals surface area contributed by atoms with Gasteiger partial charge in [-0.2, -0.15) is 0 Å². The maximum atomic E-state index is 11.3. The second kappa shape index (κ2) is 3.01. The minimum Gasteiger partial charge on any atom is -0.378 e. The summed E-state index contributed by atoms with van der Waals surface area (Å²) < 4.78 is 0. The van der Waals surface area contributed by atoms with Crippen molar-refractivity contribution in [1.29, 1.82) is 0 Å². The van der Waals surface area contributed by atoms with Gasteiger partial charge in [0, 0.05) is 19.5 Å². The van der Waals surface area contributed by atoms with E-state index < -0.39 is 0 Å². The summed E-state index contributed by atoms with van der Waals surface area (Å²) in [6.07, 6.45) is 2.70. The van der Waals surface area contributed by atoms with E-state index in [0.29, 0.717) is 6.42 Å². The monoisotopic (exact) mass is 184 g/mol. The van der Waals surface area contributed by atoms with E-state index in [9.17, 15) is 4.79 Å². The average Bonchev–Trinajstić information content (AvgIpc) is 2.59. The highest BCUT2D eigenvalue weighted by atomic mass is 32.1. The van der Waals surface area contributed by atoms with Gasteiger partial charge in [0.15, 0.2) is 0 Å². The summed E-state index contributed by atoms with van der Waals surface area (Å²) in [4.78, 5) is 14.1. The summed E-state index contributed by atoms with van der Waals surface area (Å²) in [7, 11) is 0. The van der Waals surface area contributed by atoms with E-state index in [0.717, 1.165) is 30.9 Å². The van der Waals surface area contributed by atoms with Crippen molar-refractivity contribution in [2.75, 3.05) is 13.1 Å². The molecule has 0 spiro atoms. The average molecular weight is 184 g/mol. The lowest BCUT2D eigenvalue weighted by Crippen LogP contribution is -2.40. The lowest BCUT2D eigenvalue weighted by atomic mass is 10.2. The Balaban J connectivity index is 2.08. The fourth-order valence-corrected chi connectivity index (χ4v) is 2.22. The molecule has 0 aromatic heterocycles. The number of carbonyl (C=O) groups excluding carboxylic acids is 1. The molecule has 0 radical (unpaired) electrons. The Hall–Kier alpha value is -0.640. The molecule has 2 saturated heterocycles. The summed E-state index contributed by atoms with van der Waals surface area (Å²) in [6.45, 7) is 1.82. The van der Waals surface area contributed by atoms with Crippen LogP contribution in [0.15, 0.2) is 0 Å². The number of rotatable bonds is 1. The predicted octanol–water partition coefficient (Wildman–Crippen LogP) is 0.298. The Kier molecular flexibility index (Phi) is 2.00. The van der Waals surface area contributed by atoms with Crippen LogP contribution in [0, 0.1) is 0 Å². The molecule has 2 aliphatic rings. The first-order chi connectivity index (χ1) is 5.79. The highest BCUT2D eigenvalue weighted by Crippen LogP contribution is 2.18. The van der Waals surface area contributed by atoms with Gasteiger partial charge in [0.05, 0.1) is 11.0 Å². The fourth-order valence-electron chi connectivity index (χ4n) is 1.88. The van der Waals surface area contributed by atoms with Crippen molar-refractivity contribution in [3.63, 3.8) is 0 Å². The van der Waals surface area contributed by atoms with E-state index in [-0.39, 0.29) is 11.9 Å². The Morgan fingerprint density at radius 2 is 2.42 bits per heavy atom. The molecule has 0 aliphatic carbocycles. The van der Waals surface area contributed by atoms with Gasteiger partial charge in [0.1, 0.15) is 0 Å². The lowest BCUT2D eigenvalue weighted by molar-refractivity contribution is -0.128. The quantitative estimate of drug-likeness (QED) is 0.595. The molecule has 4 heteroatoms. The molecule has 3 nitrogen and oxygen atoms in total. The van der Waals surface area contributed by atoms with Crippen LogP contribution in [0.2, 0.25) is 0 Å². The molecule has 2 rings (SSSR count). The van der Waals surface area contributed by atoms with Crippen molar-refractivity contribution >= 4 is 23.1 Å². The van der Waals surface area contributed by atoms with E-state index in [1.165, 1.54) is 0 Å².